The van der Waals surface area contributed by atoms with Gasteiger partial charge in [0, 0.05) is 51.8 Å². The molecule has 4 atom stereocenters. The first kappa shape index (κ1) is 54.7. The van der Waals surface area contributed by atoms with Crippen LogP contribution in [-0.4, -0.2) is 97.5 Å². The fraction of sp³-hybridized carbons (Fsp3) is 0.362. The number of pyridine rings is 1. The predicted octanol–water partition coefficient (Wildman–Crippen LogP) is 10.2. The number of nitrogens with zero attached hydrogens (tertiary/aromatic N) is 7. The van der Waals surface area contributed by atoms with Crippen LogP contribution in [0.2, 0.25) is 5.02 Å². The van der Waals surface area contributed by atoms with Gasteiger partial charge in [-0.3, -0.25) is 23.9 Å². The summed E-state index contributed by atoms with van der Waals surface area (Å²) in [6, 6.07) is 25.6. The van der Waals surface area contributed by atoms with Gasteiger partial charge in [-0.2, -0.15) is 0 Å². The van der Waals surface area contributed by atoms with Crippen molar-refractivity contribution in [2.24, 2.45) is 10.4 Å². The van der Waals surface area contributed by atoms with Gasteiger partial charge < -0.3 is 29.7 Å². The number of hydrogen-bond acceptors (Lipinski definition) is 14. The summed E-state index contributed by atoms with van der Waals surface area (Å²) in [6.45, 7) is 15.9. The molecule has 77 heavy (non-hydrogen) atoms. The standard InChI is InChI=1S/C58H62ClN9O7S2/c1-33-36(4)77-57-50(33)51(41-19-21-44(59)22-20-41)64-45(54-66-65-37(5)68(54)57)29-47(69)63-34(2)39-15-17-40(18-16-39)43-23-24-60-48(28-43)74-27-26-73-31-49(70)75-53(58(6,7)8)56(72)67-25-9-10-46(67)55(71)61-30-38-11-13-42(14-12-38)52-35(3)62-32-76-52/h11-24,28,32,34,45-46,53H,9-10,25-27,29-31H2,1-8H3,(H,61,71)(H,63,69)/t34-,45+,46+,53?/m1/s1. The Labute approximate surface area is 461 Å². The number of amides is 3. The SMILES string of the molecule is Cc1ncsc1-c1ccc(CNC(=O)[C@@H]2CCCN2C(=O)C(OC(=O)COCCOc2cc(-c3ccc([C@@H](C)NC(=O)C[C@@H]4N=C(c5ccc(Cl)cc5)c5c(sc(C)c5C)-n5c(C)nnc54)cc3)ccn2)C(C)(C)C)cc1. The number of thiazole rings is 1. The van der Waals surface area contributed by atoms with E-state index in [1.165, 1.54) is 9.78 Å². The normalized spacial score (nSPS) is 15.9. The summed E-state index contributed by atoms with van der Waals surface area (Å²) in [7, 11) is 0. The fourth-order valence-electron chi connectivity index (χ4n) is 9.56. The molecule has 4 aromatic heterocycles. The molecule has 0 radical (unpaired) electrons. The number of carbonyl (C=O) groups excluding carboxylic acids is 4. The van der Waals surface area contributed by atoms with Crippen molar-refractivity contribution in [1.82, 2.24) is 40.3 Å². The van der Waals surface area contributed by atoms with Crippen LogP contribution in [0.15, 0.2) is 102 Å². The van der Waals surface area contributed by atoms with E-state index in [9.17, 15) is 19.2 Å². The first-order valence-electron chi connectivity index (χ1n) is 25.6. The summed E-state index contributed by atoms with van der Waals surface area (Å²) in [5, 5.41) is 16.8. The van der Waals surface area contributed by atoms with Crippen LogP contribution in [-0.2, 0) is 35.2 Å². The minimum atomic E-state index is -1.13. The summed E-state index contributed by atoms with van der Waals surface area (Å²) < 4.78 is 19.3. The molecule has 2 aliphatic rings. The molecule has 6 heterocycles. The zero-order valence-electron chi connectivity index (χ0n) is 44.4. The molecule has 19 heteroatoms. The molecular weight excluding hydrogens is 1030 g/mol. The van der Waals surface area contributed by atoms with Crippen LogP contribution in [0.4, 0.5) is 0 Å². The van der Waals surface area contributed by atoms with Crippen LogP contribution in [0.3, 0.4) is 0 Å². The topological polar surface area (TPSA) is 192 Å². The maximum Gasteiger partial charge on any atom is 0.332 e. The van der Waals surface area contributed by atoms with Crippen LogP contribution in [0.1, 0.15) is 109 Å². The van der Waals surface area contributed by atoms with Crippen molar-refractivity contribution in [3.05, 3.63) is 152 Å². The molecule has 0 bridgehead atoms. The zero-order chi connectivity index (χ0) is 54.5. The highest BCUT2D eigenvalue weighted by atomic mass is 35.5. The molecule has 2 aliphatic heterocycles. The number of aliphatic imine (C=N–C) groups is 1. The number of fused-ring (bicyclic) bond motifs is 3. The van der Waals surface area contributed by atoms with Crippen LogP contribution < -0.4 is 15.4 Å². The van der Waals surface area contributed by atoms with Crippen LogP contribution in [0.5, 0.6) is 5.88 Å². The number of likely N-dealkylation sites (tertiary alicyclic amines) is 1. The van der Waals surface area contributed by atoms with Gasteiger partial charge in [0.1, 0.15) is 36.1 Å². The van der Waals surface area contributed by atoms with Crippen molar-refractivity contribution < 1.29 is 33.4 Å². The third-order valence-corrected chi connectivity index (χ3v) is 16.2. The Bertz CT molecular complexity index is 3310. The molecule has 1 fully saturated rings. The number of hydrogen-bond donors (Lipinski definition) is 2. The fourth-order valence-corrected chi connectivity index (χ4v) is 11.7. The molecule has 3 aromatic carbocycles. The lowest BCUT2D eigenvalue weighted by atomic mass is 9.88. The lowest BCUT2D eigenvalue weighted by Crippen LogP contribution is -2.53. The van der Waals surface area contributed by atoms with E-state index >= 15 is 0 Å². The highest BCUT2D eigenvalue weighted by Crippen LogP contribution is 2.40. The van der Waals surface area contributed by atoms with Gasteiger partial charge in [-0.25, -0.2) is 14.8 Å². The van der Waals surface area contributed by atoms with E-state index in [-0.39, 0.29) is 37.5 Å². The Balaban J connectivity index is 0.742. The van der Waals surface area contributed by atoms with Gasteiger partial charge in [-0.15, -0.1) is 32.9 Å². The van der Waals surface area contributed by atoms with Crippen molar-refractivity contribution in [1.29, 1.82) is 0 Å². The van der Waals surface area contributed by atoms with E-state index in [1.54, 1.807) is 28.9 Å². The molecular formula is C58H62ClN9O7S2. The van der Waals surface area contributed by atoms with Gasteiger partial charge in [0.05, 0.1) is 40.9 Å². The van der Waals surface area contributed by atoms with E-state index in [0.29, 0.717) is 42.7 Å². The first-order valence-corrected chi connectivity index (χ1v) is 27.7. The van der Waals surface area contributed by atoms with E-state index in [4.69, 9.17) is 30.8 Å². The quantitative estimate of drug-likeness (QED) is 0.0614. The summed E-state index contributed by atoms with van der Waals surface area (Å²) in [5.74, 6) is 0.166. The molecule has 0 spiro atoms. The van der Waals surface area contributed by atoms with Gasteiger partial charge >= 0.3 is 5.97 Å². The predicted molar refractivity (Wildman–Crippen MR) is 299 cm³/mol. The lowest BCUT2D eigenvalue weighted by Gasteiger charge is -2.34. The molecule has 2 N–H and O–H groups in total. The van der Waals surface area contributed by atoms with Crippen molar-refractivity contribution in [3.63, 3.8) is 0 Å². The van der Waals surface area contributed by atoms with Gasteiger partial charge in [0.25, 0.3) is 5.91 Å². The number of benzene rings is 3. The largest absolute Gasteiger partial charge is 0.475 e. The van der Waals surface area contributed by atoms with Crippen molar-refractivity contribution >= 4 is 63.7 Å². The molecule has 3 amide bonds. The number of nitrogens with one attached hydrogen (secondary N) is 2. The monoisotopic (exact) mass is 1100 g/mol. The van der Waals surface area contributed by atoms with E-state index < -0.39 is 42.1 Å². The minimum Gasteiger partial charge on any atom is -0.475 e. The molecule has 1 unspecified atom stereocenters. The van der Waals surface area contributed by atoms with Crippen LogP contribution in [0.25, 0.3) is 26.6 Å². The highest BCUT2D eigenvalue weighted by molar-refractivity contribution is 7.15. The number of carbonyl (C=O) groups is 4. The average Bonchev–Trinajstić information content (AvgIpc) is 4.33. The maximum atomic E-state index is 14.0. The summed E-state index contributed by atoms with van der Waals surface area (Å²) >= 11 is 9.54. The second-order valence-corrected chi connectivity index (χ2v) is 22.9. The Morgan fingerprint density at radius 1 is 0.870 bits per heavy atom. The van der Waals surface area contributed by atoms with Crippen molar-refractivity contribution in [2.75, 3.05) is 26.4 Å². The van der Waals surface area contributed by atoms with Gasteiger partial charge in [0.2, 0.25) is 17.7 Å². The third-order valence-electron chi connectivity index (χ3n) is 13.8. The summed E-state index contributed by atoms with van der Waals surface area (Å²) in [5.41, 5.74) is 10.6. The van der Waals surface area contributed by atoms with Crippen LogP contribution in [0, 0.1) is 33.1 Å². The van der Waals surface area contributed by atoms with Crippen molar-refractivity contribution in [3.8, 4) is 32.4 Å². The number of esters is 1. The van der Waals surface area contributed by atoms with Crippen molar-refractivity contribution in [2.45, 2.75) is 105 Å². The third kappa shape index (κ3) is 12.5. The van der Waals surface area contributed by atoms with E-state index in [2.05, 4.69) is 44.6 Å². The molecule has 400 valence electrons. The second-order valence-electron chi connectivity index (χ2n) is 20.4. The van der Waals surface area contributed by atoms with E-state index in [1.807, 2.05) is 137 Å². The Morgan fingerprint density at radius 2 is 1.60 bits per heavy atom. The van der Waals surface area contributed by atoms with Crippen LogP contribution >= 0.6 is 34.3 Å². The molecule has 7 aromatic rings. The highest BCUT2D eigenvalue weighted by Gasteiger charge is 2.43. The number of thiophene rings is 1. The van der Waals surface area contributed by atoms with Gasteiger partial charge in [0.15, 0.2) is 11.9 Å². The van der Waals surface area contributed by atoms with E-state index in [0.717, 1.165) is 71.6 Å². The molecule has 16 nitrogen and oxygen atoms in total. The minimum absolute atomic E-state index is 0.0561. The van der Waals surface area contributed by atoms with Gasteiger partial charge in [-0.1, -0.05) is 93.0 Å². The number of rotatable bonds is 18. The molecule has 0 aliphatic carbocycles. The number of halogens is 1. The Hall–Kier alpha value is -7.12. The molecule has 0 saturated carbocycles. The van der Waals surface area contributed by atoms with Gasteiger partial charge in [-0.05, 0) is 99.0 Å². The smallest absolute Gasteiger partial charge is 0.332 e. The summed E-state index contributed by atoms with van der Waals surface area (Å²) in [4.78, 5) is 72.2. The Morgan fingerprint density at radius 3 is 2.31 bits per heavy atom. The summed E-state index contributed by atoms with van der Waals surface area (Å²) in [6.07, 6.45) is 1.75. The first-order chi connectivity index (χ1) is 36.9. The number of aromatic nitrogens is 5. The zero-order valence-corrected chi connectivity index (χ0v) is 46.8. The Kier molecular flexibility index (Phi) is 16.8. The lowest BCUT2D eigenvalue weighted by molar-refractivity contribution is -0.172. The number of aryl methyl sites for hydroxylation is 3. The molecule has 1 saturated heterocycles. The number of ether oxygens (including phenoxy) is 3. The average molecular weight is 1100 g/mol. The second kappa shape index (κ2) is 23.6. The maximum absolute atomic E-state index is 14.0. The molecule has 9 rings (SSSR count).